The summed E-state index contributed by atoms with van der Waals surface area (Å²) in [4.78, 5) is 20.9. The minimum absolute atomic E-state index is 0.0450. The number of amides is 1. The van der Waals surface area contributed by atoms with E-state index in [9.17, 15) is 4.79 Å². The lowest BCUT2D eigenvalue weighted by molar-refractivity contribution is 0.0954. The molecule has 26 heavy (non-hydrogen) atoms. The molecule has 0 atom stereocenters. The maximum Gasteiger partial charge on any atom is 0.251 e. The van der Waals surface area contributed by atoms with Gasteiger partial charge in [-0.2, -0.15) is 0 Å². The van der Waals surface area contributed by atoms with Crippen LogP contribution in [0.1, 0.15) is 41.7 Å². The zero-order valence-corrected chi connectivity index (χ0v) is 16.1. The molecule has 3 rings (SSSR count). The van der Waals surface area contributed by atoms with Gasteiger partial charge in [-0.15, -0.1) is 11.3 Å². The van der Waals surface area contributed by atoms with E-state index in [1.54, 1.807) is 23.7 Å². The van der Waals surface area contributed by atoms with Crippen LogP contribution in [0.3, 0.4) is 0 Å². The summed E-state index contributed by atoms with van der Waals surface area (Å²) in [5.74, 6) is -0.0450. The number of nitrogens with zero attached hydrogens (tertiary/aromatic N) is 2. The molecule has 1 amide bonds. The summed E-state index contributed by atoms with van der Waals surface area (Å²) in [5, 5.41) is 6.03. The van der Waals surface area contributed by atoms with Crippen molar-refractivity contribution < 1.29 is 4.79 Å². The molecular weight excluding hydrogens is 342 g/mol. The number of pyridine rings is 1. The highest BCUT2D eigenvalue weighted by atomic mass is 32.1. The second-order valence-corrected chi connectivity index (χ2v) is 8.14. The third-order valence-corrected chi connectivity index (χ3v) is 5.07. The third-order valence-electron chi connectivity index (χ3n) is 4.17. The lowest BCUT2D eigenvalue weighted by Gasteiger charge is -2.19. The van der Waals surface area contributed by atoms with Crippen LogP contribution in [0.2, 0.25) is 0 Å². The van der Waals surface area contributed by atoms with Crippen molar-refractivity contribution in [3.63, 3.8) is 0 Å². The minimum atomic E-state index is -0.0450. The zero-order chi connectivity index (χ0) is 18.6. The Morgan fingerprint density at radius 1 is 1.08 bits per heavy atom. The van der Waals surface area contributed by atoms with Crippen molar-refractivity contribution in [1.29, 1.82) is 0 Å². The molecule has 0 saturated carbocycles. The number of rotatable bonds is 5. The van der Waals surface area contributed by atoms with Crippen LogP contribution in [-0.4, -0.2) is 22.4 Å². The fourth-order valence-corrected chi connectivity index (χ4v) is 3.40. The highest BCUT2D eigenvalue weighted by molar-refractivity contribution is 7.09. The Labute approximate surface area is 158 Å². The summed E-state index contributed by atoms with van der Waals surface area (Å²) >= 11 is 1.61. The van der Waals surface area contributed by atoms with Gasteiger partial charge in [0.15, 0.2) is 0 Å². The summed E-state index contributed by atoms with van der Waals surface area (Å²) in [6, 6.07) is 11.7. The number of hydrogen-bond acceptors (Lipinski definition) is 4. The molecular formula is C21H23N3OS. The average Bonchev–Trinajstić information content (AvgIpc) is 3.11. The number of thiazole rings is 1. The van der Waals surface area contributed by atoms with Gasteiger partial charge >= 0.3 is 0 Å². The van der Waals surface area contributed by atoms with E-state index in [2.05, 4.69) is 36.1 Å². The topological polar surface area (TPSA) is 54.9 Å². The quantitative estimate of drug-likeness (QED) is 0.725. The highest BCUT2D eigenvalue weighted by Gasteiger charge is 2.14. The zero-order valence-electron chi connectivity index (χ0n) is 15.3. The van der Waals surface area contributed by atoms with Gasteiger partial charge < -0.3 is 5.32 Å². The molecule has 0 spiro atoms. The molecule has 0 saturated heterocycles. The Kier molecular flexibility index (Phi) is 5.47. The van der Waals surface area contributed by atoms with Crippen molar-refractivity contribution in [2.75, 3.05) is 6.54 Å². The van der Waals surface area contributed by atoms with Gasteiger partial charge in [0.05, 0.1) is 10.7 Å². The molecule has 2 aromatic heterocycles. The minimum Gasteiger partial charge on any atom is -0.352 e. The fraction of sp³-hybridized carbons (Fsp3) is 0.286. The van der Waals surface area contributed by atoms with Crippen LogP contribution in [0.5, 0.6) is 0 Å². The maximum atomic E-state index is 12.3. The van der Waals surface area contributed by atoms with Crippen LogP contribution in [0.15, 0.2) is 54.2 Å². The number of nitrogens with one attached hydrogen (secondary N) is 1. The third kappa shape index (κ3) is 4.55. The lowest BCUT2D eigenvalue weighted by Crippen LogP contribution is -2.25. The molecule has 0 aliphatic heterocycles. The molecule has 5 heteroatoms. The van der Waals surface area contributed by atoms with Gasteiger partial charge in [0.1, 0.15) is 0 Å². The molecule has 1 N–H and O–H groups in total. The summed E-state index contributed by atoms with van der Waals surface area (Å²) in [7, 11) is 0. The first kappa shape index (κ1) is 18.3. The molecule has 2 heterocycles. The molecule has 3 aromatic rings. The number of aromatic nitrogens is 2. The number of benzene rings is 1. The number of carbonyl (C=O) groups excluding carboxylic acids is 1. The Morgan fingerprint density at radius 2 is 1.77 bits per heavy atom. The van der Waals surface area contributed by atoms with Crippen molar-refractivity contribution in [2.45, 2.75) is 32.6 Å². The van der Waals surface area contributed by atoms with Gasteiger partial charge in [-0.1, -0.05) is 32.9 Å². The Hall–Kier alpha value is -2.53. The van der Waals surface area contributed by atoms with E-state index in [1.807, 2.05) is 41.8 Å². The highest BCUT2D eigenvalue weighted by Crippen LogP contribution is 2.22. The van der Waals surface area contributed by atoms with Gasteiger partial charge in [-0.25, -0.2) is 4.98 Å². The summed E-state index contributed by atoms with van der Waals surface area (Å²) in [5.41, 5.74) is 4.02. The summed E-state index contributed by atoms with van der Waals surface area (Å²) in [6.45, 7) is 7.06. The van der Waals surface area contributed by atoms with E-state index in [1.165, 1.54) is 5.56 Å². The van der Waals surface area contributed by atoms with Crippen LogP contribution >= 0.6 is 11.3 Å². The molecule has 0 radical (unpaired) electrons. The SMILES string of the molecule is CC(C)(C)c1ccc(C(=O)NCCc2nc(-c3ccncc3)cs2)cc1. The Bertz CT molecular complexity index is 864. The molecule has 0 unspecified atom stereocenters. The van der Waals surface area contributed by atoms with Crippen molar-refractivity contribution in [3.8, 4) is 11.3 Å². The van der Waals surface area contributed by atoms with Crippen molar-refractivity contribution in [1.82, 2.24) is 15.3 Å². The van der Waals surface area contributed by atoms with E-state index in [-0.39, 0.29) is 11.3 Å². The molecule has 0 bridgehead atoms. The van der Waals surface area contributed by atoms with E-state index >= 15 is 0 Å². The molecule has 1 aromatic carbocycles. The maximum absolute atomic E-state index is 12.3. The van der Waals surface area contributed by atoms with Crippen LogP contribution in [-0.2, 0) is 11.8 Å². The smallest absolute Gasteiger partial charge is 0.251 e. The molecule has 0 fully saturated rings. The van der Waals surface area contributed by atoms with Crippen molar-refractivity contribution in [2.24, 2.45) is 0 Å². The van der Waals surface area contributed by atoms with Crippen molar-refractivity contribution >= 4 is 17.2 Å². The molecule has 0 aliphatic rings. The normalized spacial score (nSPS) is 11.3. The first-order chi connectivity index (χ1) is 12.4. The van der Waals surface area contributed by atoms with E-state index < -0.39 is 0 Å². The molecule has 134 valence electrons. The largest absolute Gasteiger partial charge is 0.352 e. The lowest BCUT2D eigenvalue weighted by atomic mass is 9.87. The molecule has 4 nitrogen and oxygen atoms in total. The van der Waals surface area contributed by atoms with Crippen LogP contribution in [0.25, 0.3) is 11.3 Å². The second-order valence-electron chi connectivity index (χ2n) is 7.20. The average molecular weight is 366 g/mol. The van der Waals surface area contributed by atoms with Crippen LogP contribution in [0, 0.1) is 0 Å². The first-order valence-corrected chi connectivity index (χ1v) is 9.55. The standard InChI is InChI=1S/C21H23N3OS/c1-21(2,3)17-6-4-16(5-7-17)20(25)23-13-10-19-24-18(14-26-19)15-8-11-22-12-9-15/h4-9,11-12,14H,10,13H2,1-3H3,(H,23,25). The van der Waals surface area contributed by atoms with Crippen molar-refractivity contribution in [3.05, 3.63) is 70.3 Å². The monoisotopic (exact) mass is 365 g/mol. The van der Waals surface area contributed by atoms with Crippen LogP contribution in [0.4, 0.5) is 0 Å². The van der Waals surface area contributed by atoms with Gasteiger partial charge in [-0.05, 0) is 35.2 Å². The van der Waals surface area contributed by atoms with E-state index in [4.69, 9.17) is 0 Å². The van der Waals surface area contributed by atoms with E-state index in [0.29, 0.717) is 12.1 Å². The van der Waals surface area contributed by atoms with Gasteiger partial charge in [-0.3, -0.25) is 9.78 Å². The summed E-state index contributed by atoms with van der Waals surface area (Å²) < 4.78 is 0. The predicted molar refractivity (Wildman–Crippen MR) is 107 cm³/mol. The summed E-state index contributed by atoms with van der Waals surface area (Å²) in [6.07, 6.45) is 4.25. The van der Waals surface area contributed by atoms with E-state index in [0.717, 1.165) is 22.7 Å². The first-order valence-electron chi connectivity index (χ1n) is 8.67. The Morgan fingerprint density at radius 3 is 2.42 bits per heavy atom. The van der Waals surface area contributed by atoms with Gasteiger partial charge in [0.2, 0.25) is 0 Å². The fourth-order valence-electron chi connectivity index (χ4n) is 2.59. The van der Waals surface area contributed by atoms with Crippen LogP contribution < -0.4 is 5.32 Å². The molecule has 0 aliphatic carbocycles. The Balaban J connectivity index is 1.53. The second kappa shape index (κ2) is 7.79. The van der Waals surface area contributed by atoms with Gasteiger partial charge in [0.25, 0.3) is 5.91 Å². The number of carbonyl (C=O) groups is 1. The predicted octanol–water partition coefficient (Wildman–Crippen LogP) is 4.48. The number of hydrogen-bond donors (Lipinski definition) is 1. The van der Waals surface area contributed by atoms with Gasteiger partial charge in [0, 0.05) is 41.9 Å².